The molecular formula is C47H33B3N2O4S2. The average molecular weight is 786 g/mol. The molecule has 276 valence electrons. The zero-order valence-electron chi connectivity index (χ0n) is 32.5. The van der Waals surface area contributed by atoms with Crippen LogP contribution in [0, 0.1) is 20.8 Å². The quantitative estimate of drug-likeness (QED) is 0.155. The van der Waals surface area contributed by atoms with Gasteiger partial charge in [-0.1, -0.05) is 48.5 Å². The van der Waals surface area contributed by atoms with Gasteiger partial charge in [0.15, 0.2) is 0 Å². The number of rotatable bonds is 2. The maximum Gasteiger partial charge on any atom is 0.260 e. The molecule has 0 saturated carbocycles. The highest BCUT2D eigenvalue weighted by molar-refractivity contribution is 8.00. The van der Waals surface area contributed by atoms with E-state index in [-0.39, 0.29) is 20.1 Å². The van der Waals surface area contributed by atoms with Gasteiger partial charge in [-0.2, -0.15) is 0 Å². The second kappa shape index (κ2) is 11.7. The molecule has 0 unspecified atom stereocenters. The lowest BCUT2D eigenvalue weighted by Gasteiger charge is -2.42. The minimum atomic E-state index is -0.0889. The molecule has 6 aliphatic heterocycles. The van der Waals surface area contributed by atoms with Crippen LogP contribution in [0.5, 0.6) is 46.0 Å². The molecule has 58 heavy (non-hydrogen) atoms. The summed E-state index contributed by atoms with van der Waals surface area (Å²) in [5.41, 5.74) is 18.7. The molecule has 0 atom stereocenters. The Bertz CT molecular complexity index is 3050. The lowest BCUT2D eigenvalue weighted by Crippen LogP contribution is -2.64. The van der Waals surface area contributed by atoms with E-state index in [4.69, 9.17) is 18.9 Å². The van der Waals surface area contributed by atoms with Gasteiger partial charge in [-0.05, 0) is 154 Å². The Morgan fingerprint density at radius 3 is 1.21 bits per heavy atom. The maximum atomic E-state index is 7.11. The van der Waals surface area contributed by atoms with Gasteiger partial charge in [0.1, 0.15) is 46.0 Å². The summed E-state index contributed by atoms with van der Waals surface area (Å²) in [6, 6.07) is 39.8. The van der Waals surface area contributed by atoms with Crippen LogP contribution < -0.4 is 76.7 Å². The molecule has 0 saturated heterocycles. The predicted octanol–water partition coefficient (Wildman–Crippen LogP) is 6.04. The third-order valence-corrected chi connectivity index (χ3v) is 14.3. The highest BCUT2D eigenvalue weighted by Crippen LogP contribution is 2.45. The zero-order chi connectivity index (χ0) is 38.7. The molecular weight excluding hydrogens is 753 g/mol. The van der Waals surface area contributed by atoms with Crippen LogP contribution in [0.25, 0.3) is 0 Å². The molecule has 0 N–H and O–H groups in total. The van der Waals surface area contributed by atoms with Crippen LogP contribution in [0.2, 0.25) is 0 Å². The number of para-hydroxylation sites is 2. The van der Waals surface area contributed by atoms with Crippen LogP contribution in [0.4, 0.5) is 22.7 Å². The third-order valence-electron chi connectivity index (χ3n) is 12.8. The zero-order valence-corrected chi connectivity index (χ0v) is 34.1. The highest BCUT2D eigenvalue weighted by Gasteiger charge is 2.48. The third kappa shape index (κ3) is 4.30. The Morgan fingerprint density at radius 1 is 0.362 bits per heavy atom. The van der Waals surface area contributed by atoms with Gasteiger partial charge in [-0.3, -0.25) is 8.61 Å². The van der Waals surface area contributed by atoms with Crippen molar-refractivity contribution in [3.63, 3.8) is 0 Å². The van der Waals surface area contributed by atoms with Gasteiger partial charge in [-0.15, -0.1) is 0 Å². The smallest absolute Gasteiger partial charge is 0.260 e. The molecule has 6 heterocycles. The molecule has 13 rings (SSSR count). The van der Waals surface area contributed by atoms with Crippen molar-refractivity contribution in [2.75, 3.05) is 21.1 Å². The summed E-state index contributed by atoms with van der Waals surface area (Å²) >= 11 is 3.44. The molecule has 0 aliphatic carbocycles. The SMILES string of the molecule is CSN1c2cc3c(cc2B2c4cc5c(cc4Oc4cc(C)cc1c42)N(SC)c1cc(C)cc2c1B5c1ccccc1O2)B1c2ccccc2Oc2cc(C)cc(c21)O3. The number of aryl methyl sites for hydroxylation is 3. The fraction of sp³-hybridized carbons (Fsp3) is 0.106. The van der Waals surface area contributed by atoms with Gasteiger partial charge >= 0.3 is 0 Å². The number of fused-ring (bicyclic) bond motifs is 12. The molecule has 0 radical (unpaired) electrons. The van der Waals surface area contributed by atoms with Crippen molar-refractivity contribution in [3.8, 4) is 46.0 Å². The van der Waals surface area contributed by atoms with E-state index < -0.39 is 0 Å². The predicted molar refractivity (Wildman–Crippen MR) is 245 cm³/mol. The summed E-state index contributed by atoms with van der Waals surface area (Å²) < 4.78 is 32.0. The molecule has 6 nitrogen and oxygen atoms in total. The maximum absolute atomic E-state index is 7.11. The topological polar surface area (TPSA) is 43.4 Å². The van der Waals surface area contributed by atoms with Crippen LogP contribution in [0.3, 0.4) is 0 Å². The van der Waals surface area contributed by atoms with E-state index in [2.05, 4.69) is 151 Å². The highest BCUT2D eigenvalue weighted by atomic mass is 32.2. The fourth-order valence-electron chi connectivity index (χ4n) is 10.6. The molecule has 0 aromatic heterocycles. The summed E-state index contributed by atoms with van der Waals surface area (Å²) in [6.45, 7) is 6.29. The van der Waals surface area contributed by atoms with Crippen molar-refractivity contribution in [2.45, 2.75) is 20.8 Å². The van der Waals surface area contributed by atoms with Crippen LogP contribution in [0.15, 0.2) is 109 Å². The van der Waals surface area contributed by atoms with Crippen LogP contribution >= 0.6 is 23.9 Å². The number of nitrogens with zero attached hydrogens (tertiary/aromatic N) is 2. The molecule has 0 spiro atoms. The first-order valence-electron chi connectivity index (χ1n) is 19.7. The number of anilines is 4. The van der Waals surface area contributed by atoms with Crippen LogP contribution in [-0.4, -0.2) is 32.6 Å². The van der Waals surface area contributed by atoms with E-state index in [0.29, 0.717) is 0 Å². The Labute approximate surface area is 347 Å². The Kier molecular flexibility index (Phi) is 6.69. The van der Waals surface area contributed by atoms with Gasteiger partial charge in [0, 0.05) is 30.1 Å². The molecule has 0 amide bonds. The van der Waals surface area contributed by atoms with Gasteiger partial charge in [-0.25, -0.2) is 0 Å². The minimum Gasteiger partial charge on any atom is -0.458 e. The summed E-state index contributed by atoms with van der Waals surface area (Å²) in [5, 5.41) is 0. The number of benzene rings is 7. The summed E-state index contributed by atoms with van der Waals surface area (Å²) in [7, 11) is 0. The van der Waals surface area contributed by atoms with E-state index in [1.807, 2.05) is 0 Å². The Balaban J connectivity index is 1.08. The first-order valence-corrected chi connectivity index (χ1v) is 22.1. The van der Waals surface area contributed by atoms with E-state index in [1.165, 1.54) is 44.0 Å². The summed E-state index contributed by atoms with van der Waals surface area (Å²) in [5.74, 6) is 7.14. The lowest BCUT2D eigenvalue weighted by atomic mass is 9.30. The van der Waals surface area contributed by atoms with Gasteiger partial charge in [0.2, 0.25) is 0 Å². The van der Waals surface area contributed by atoms with Gasteiger partial charge < -0.3 is 18.9 Å². The summed E-state index contributed by atoms with van der Waals surface area (Å²) in [6.07, 6.45) is 4.31. The first-order chi connectivity index (χ1) is 28.4. The van der Waals surface area contributed by atoms with Gasteiger partial charge in [0.25, 0.3) is 20.1 Å². The second-order valence-corrected chi connectivity index (χ2v) is 17.7. The van der Waals surface area contributed by atoms with Gasteiger partial charge in [0.05, 0.1) is 22.7 Å². The molecule has 0 bridgehead atoms. The minimum absolute atomic E-state index is 0.00190. The second-order valence-electron chi connectivity index (χ2n) is 16.2. The molecule has 11 heteroatoms. The van der Waals surface area contributed by atoms with E-state index >= 15 is 0 Å². The van der Waals surface area contributed by atoms with Crippen molar-refractivity contribution in [2.24, 2.45) is 0 Å². The molecule has 0 fully saturated rings. The van der Waals surface area contributed by atoms with E-state index in [1.54, 1.807) is 23.9 Å². The lowest BCUT2D eigenvalue weighted by molar-refractivity contribution is 0.464. The van der Waals surface area contributed by atoms with Crippen molar-refractivity contribution >= 4 is 116 Å². The largest absolute Gasteiger partial charge is 0.458 e. The van der Waals surface area contributed by atoms with Crippen LogP contribution in [0.1, 0.15) is 16.7 Å². The van der Waals surface area contributed by atoms with Crippen molar-refractivity contribution in [3.05, 3.63) is 126 Å². The molecule has 7 aromatic rings. The van der Waals surface area contributed by atoms with E-state index in [9.17, 15) is 0 Å². The normalized spacial score (nSPS) is 14.8. The molecule has 6 aliphatic rings. The van der Waals surface area contributed by atoms with Crippen LogP contribution in [-0.2, 0) is 0 Å². The van der Waals surface area contributed by atoms with E-state index in [0.717, 1.165) is 90.6 Å². The first kappa shape index (κ1) is 33.2. The standard InChI is InChI=1S/C47H33B3N2O4S2/c1-24-14-35-45-41(16-24)53-37-12-8-6-10-27(37)48(45)29-20-32-40(22-33(29)51(35)57-4)55-42-17-25(2)15-36-46(42)50(32)30-21-31-39(23-34(30)52(36)58-5)56-44-19-26(3)18-43-47(44)49(31)28-11-7-9-13-38(28)54-43/h6-23H,1-5H3. The fourth-order valence-corrected chi connectivity index (χ4v) is 12.0. The van der Waals surface area contributed by atoms with Crippen molar-refractivity contribution in [1.82, 2.24) is 0 Å². The van der Waals surface area contributed by atoms with Crippen molar-refractivity contribution < 1.29 is 18.9 Å². The molecule has 7 aromatic carbocycles. The Morgan fingerprint density at radius 2 is 0.741 bits per heavy atom. The average Bonchev–Trinajstić information content (AvgIpc) is 3.21. The number of ether oxygens (including phenoxy) is 4. The number of hydrogen-bond acceptors (Lipinski definition) is 8. The van der Waals surface area contributed by atoms with Crippen molar-refractivity contribution in [1.29, 1.82) is 0 Å². The number of hydrogen-bond donors (Lipinski definition) is 0. The summed E-state index contributed by atoms with van der Waals surface area (Å²) in [4.78, 5) is 0. The monoisotopic (exact) mass is 786 g/mol. The Hall–Kier alpha value is -5.77.